The summed E-state index contributed by atoms with van der Waals surface area (Å²) in [7, 11) is 1.60. The predicted octanol–water partition coefficient (Wildman–Crippen LogP) is 0.801. The Bertz CT molecular complexity index is 422. The Hall–Kier alpha value is -1.62. The van der Waals surface area contributed by atoms with E-state index in [1.165, 1.54) is 0 Å². The number of hydrogen-bond donors (Lipinski definition) is 1. The van der Waals surface area contributed by atoms with Gasteiger partial charge in [-0.05, 0) is 12.5 Å². The van der Waals surface area contributed by atoms with Crippen LogP contribution in [0.5, 0.6) is 5.88 Å². The van der Waals surface area contributed by atoms with Crippen LogP contribution in [0.2, 0.25) is 0 Å². The van der Waals surface area contributed by atoms with Crippen LogP contribution in [0, 0.1) is 0 Å². The number of methoxy groups -OCH3 is 1. The summed E-state index contributed by atoms with van der Waals surface area (Å²) in [5.41, 5.74) is 0.949. The van der Waals surface area contributed by atoms with Gasteiger partial charge in [-0.3, -0.25) is 4.79 Å². The molecule has 5 nitrogen and oxygen atoms in total. The molecule has 0 radical (unpaired) electrons. The summed E-state index contributed by atoms with van der Waals surface area (Å²) in [6.45, 7) is 4.15. The average molecular weight is 249 g/mol. The standard InChI is InChI=1S/C13H19N3O2/c1-3-11-13(17)16(8-7-14-11)9-10-5-4-6-15-12(10)18-2/h4-6,11,14H,3,7-9H2,1-2H3. The Morgan fingerprint density at radius 1 is 1.61 bits per heavy atom. The molecule has 5 heteroatoms. The molecule has 2 rings (SSSR count). The van der Waals surface area contributed by atoms with Crippen LogP contribution in [0.3, 0.4) is 0 Å². The van der Waals surface area contributed by atoms with Gasteiger partial charge in [-0.2, -0.15) is 0 Å². The number of carbonyl (C=O) groups excluding carboxylic acids is 1. The van der Waals surface area contributed by atoms with Crippen molar-refractivity contribution in [3.05, 3.63) is 23.9 Å². The molecule has 0 saturated carbocycles. The molecule has 1 aromatic heterocycles. The summed E-state index contributed by atoms with van der Waals surface area (Å²) in [5, 5.41) is 3.22. The molecule has 1 fully saturated rings. The molecule has 0 aromatic carbocycles. The number of nitrogens with one attached hydrogen (secondary N) is 1. The minimum Gasteiger partial charge on any atom is -0.481 e. The summed E-state index contributed by atoms with van der Waals surface area (Å²) < 4.78 is 5.21. The molecule has 1 aliphatic heterocycles. The SMILES string of the molecule is CCC1NCCN(Cc2cccnc2OC)C1=O. The largest absolute Gasteiger partial charge is 0.481 e. The zero-order valence-electron chi connectivity index (χ0n) is 10.8. The second-order valence-electron chi connectivity index (χ2n) is 4.35. The monoisotopic (exact) mass is 249 g/mol. The Morgan fingerprint density at radius 3 is 3.17 bits per heavy atom. The summed E-state index contributed by atoms with van der Waals surface area (Å²) >= 11 is 0. The smallest absolute Gasteiger partial charge is 0.240 e. The molecule has 1 unspecified atom stereocenters. The second kappa shape index (κ2) is 5.82. The first-order valence-corrected chi connectivity index (χ1v) is 6.26. The van der Waals surface area contributed by atoms with Crippen LogP contribution in [0.25, 0.3) is 0 Å². The topological polar surface area (TPSA) is 54.5 Å². The molecule has 1 atom stereocenters. The number of piperazine rings is 1. The van der Waals surface area contributed by atoms with Gasteiger partial charge in [0, 0.05) is 24.8 Å². The van der Waals surface area contributed by atoms with Gasteiger partial charge in [0.25, 0.3) is 0 Å². The molecule has 1 amide bonds. The van der Waals surface area contributed by atoms with Crippen molar-refractivity contribution >= 4 is 5.91 Å². The van der Waals surface area contributed by atoms with Crippen molar-refractivity contribution in [2.45, 2.75) is 25.9 Å². The number of nitrogens with zero attached hydrogens (tertiary/aromatic N) is 2. The number of pyridine rings is 1. The van der Waals surface area contributed by atoms with Crippen molar-refractivity contribution in [2.24, 2.45) is 0 Å². The molecule has 1 N–H and O–H groups in total. The minimum atomic E-state index is -0.0542. The Kier molecular flexibility index (Phi) is 4.15. The number of aromatic nitrogens is 1. The van der Waals surface area contributed by atoms with Gasteiger partial charge in [0.15, 0.2) is 0 Å². The Labute approximate surface area is 107 Å². The highest BCUT2D eigenvalue weighted by atomic mass is 16.5. The fourth-order valence-corrected chi connectivity index (χ4v) is 2.20. The maximum atomic E-state index is 12.2. The third kappa shape index (κ3) is 2.61. The van der Waals surface area contributed by atoms with Crippen LogP contribution < -0.4 is 10.1 Å². The van der Waals surface area contributed by atoms with Crippen molar-refractivity contribution in [1.82, 2.24) is 15.2 Å². The molecule has 1 saturated heterocycles. The van der Waals surface area contributed by atoms with E-state index in [1.807, 2.05) is 24.0 Å². The molecular formula is C13H19N3O2. The lowest BCUT2D eigenvalue weighted by atomic mass is 10.1. The van der Waals surface area contributed by atoms with E-state index in [4.69, 9.17) is 4.74 Å². The molecule has 2 heterocycles. The predicted molar refractivity (Wildman–Crippen MR) is 68.3 cm³/mol. The Morgan fingerprint density at radius 2 is 2.44 bits per heavy atom. The van der Waals surface area contributed by atoms with E-state index in [1.54, 1.807) is 13.3 Å². The third-order valence-electron chi connectivity index (χ3n) is 3.19. The molecule has 18 heavy (non-hydrogen) atoms. The van der Waals surface area contributed by atoms with Crippen LogP contribution in [0.1, 0.15) is 18.9 Å². The number of rotatable bonds is 4. The molecule has 0 bridgehead atoms. The zero-order chi connectivity index (χ0) is 13.0. The highest BCUT2D eigenvalue weighted by Crippen LogP contribution is 2.17. The van der Waals surface area contributed by atoms with Crippen LogP contribution in [-0.2, 0) is 11.3 Å². The minimum absolute atomic E-state index is 0.0542. The quantitative estimate of drug-likeness (QED) is 0.857. The fraction of sp³-hybridized carbons (Fsp3) is 0.538. The lowest BCUT2D eigenvalue weighted by Gasteiger charge is -2.32. The number of ether oxygens (including phenoxy) is 1. The number of carbonyl (C=O) groups is 1. The maximum Gasteiger partial charge on any atom is 0.240 e. The van der Waals surface area contributed by atoms with E-state index in [0.717, 1.165) is 25.1 Å². The summed E-state index contributed by atoms with van der Waals surface area (Å²) in [6.07, 6.45) is 2.51. The van der Waals surface area contributed by atoms with E-state index >= 15 is 0 Å². The van der Waals surface area contributed by atoms with Gasteiger partial charge in [-0.1, -0.05) is 13.0 Å². The highest BCUT2D eigenvalue weighted by Gasteiger charge is 2.27. The van der Waals surface area contributed by atoms with Gasteiger partial charge in [-0.15, -0.1) is 0 Å². The van der Waals surface area contributed by atoms with E-state index in [-0.39, 0.29) is 11.9 Å². The molecule has 1 aliphatic rings. The van der Waals surface area contributed by atoms with Gasteiger partial charge < -0.3 is 15.0 Å². The highest BCUT2D eigenvalue weighted by molar-refractivity contribution is 5.82. The van der Waals surface area contributed by atoms with E-state index < -0.39 is 0 Å². The van der Waals surface area contributed by atoms with Crippen molar-refractivity contribution < 1.29 is 9.53 Å². The van der Waals surface area contributed by atoms with E-state index in [9.17, 15) is 4.79 Å². The van der Waals surface area contributed by atoms with Gasteiger partial charge in [0.1, 0.15) is 0 Å². The van der Waals surface area contributed by atoms with Crippen molar-refractivity contribution in [1.29, 1.82) is 0 Å². The van der Waals surface area contributed by atoms with Gasteiger partial charge in [-0.25, -0.2) is 4.98 Å². The van der Waals surface area contributed by atoms with Crippen LogP contribution in [0.15, 0.2) is 18.3 Å². The zero-order valence-corrected chi connectivity index (χ0v) is 10.8. The first-order valence-electron chi connectivity index (χ1n) is 6.26. The molecule has 98 valence electrons. The van der Waals surface area contributed by atoms with Crippen molar-refractivity contribution in [3.8, 4) is 5.88 Å². The fourth-order valence-electron chi connectivity index (χ4n) is 2.20. The maximum absolute atomic E-state index is 12.2. The summed E-state index contributed by atoms with van der Waals surface area (Å²) in [6, 6.07) is 3.76. The normalized spacial score (nSPS) is 20.0. The Balaban J connectivity index is 2.10. The molecule has 0 spiro atoms. The van der Waals surface area contributed by atoms with Crippen molar-refractivity contribution in [3.63, 3.8) is 0 Å². The molecule has 0 aliphatic carbocycles. The second-order valence-corrected chi connectivity index (χ2v) is 4.35. The van der Waals surface area contributed by atoms with Gasteiger partial charge in [0.05, 0.1) is 19.7 Å². The first-order chi connectivity index (χ1) is 8.76. The van der Waals surface area contributed by atoms with Crippen LogP contribution in [-0.4, -0.2) is 42.0 Å². The number of hydrogen-bond acceptors (Lipinski definition) is 4. The number of amides is 1. The summed E-state index contributed by atoms with van der Waals surface area (Å²) in [5.74, 6) is 0.756. The van der Waals surface area contributed by atoms with Gasteiger partial charge >= 0.3 is 0 Å². The van der Waals surface area contributed by atoms with Crippen LogP contribution in [0.4, 0.5) is 0 Å². The average Bonchev–Trinajstić information content (AvgIpc) is 2.42. The van der Waals surface area contributed by atoms with E-state index in [0.29, 0.717) is 12.4 Å². The van der Waals surface area contributed by atoms with Gasteiger partial charge in [0.2, 0.25) is 11.8 Å². The summed E-state index contributed by atoms with van der Waals surface area (Å²) in [4.78, 5) is 18.2. The van der Waals surface area contributed by atoms with E-state index in [2.05, 4.69) is 10.3 Å². The molecule has 1 aromatic rings. The molecular weight excluding hydrogens is 230 g/mol. The van der Waals surface area contributed by atoms with Crippen LogP contribution >= 0.6 is 0 Å². The first kappa shape index (κ1) is 12.8. The lowest BCUT2D eigenvalue weighted by molar-refractivity contribution is -0.136. The third-order valence-corrected chi connectivity index (χ3v) is 3.19. The van der Waals surface area contributed by atoms with Crippen molar-refractivity contribution in [2.75, 3.05) is 20.2 Å². The lowest BCUT2D eigenvalue weighted by Crippen LogP contribution is -2.54.